The van der Waals surface area contributed by atoms with Crippen LogP contribution in [-0.2, 0) is 5.88 Å². The van der Waals surface area contributed by atoms with Crippen LogP contribution in [0.3, 0.4) is 0 Å². The Morgan fingerprint density at radius 1 is 1.42 bits per heavy atom. The monoisotopic (exact) mass is 354 g/mol. The molecule has 0 aliphatic carbocycles. The molecule has 2 aromatic heterocycles. The molecule has 0 bridgehead atoms. The summed E-state index contributed by atoms with van der Waals surface area (Å²) in [7, 11) is 0. The summed E-state index contributed by atoms with van der Waals surface area (Å²) in [5, 5.41) is 2.10. The van der Waals surface area contributed by atoms with Crippen LogP contribution >= 0.6 is 38.9 Å². The molecule has 0 amide bonds. The maximum Gasteiger partial charge on any atom is 0.125 e. The minimum atomic E-state index is 0.250. The van der Waals surface area contributed by atoms with Crippen molar-refractivity contribution in [3.05, 3.63) is 50.9 Å². The topological polar surface area (TPSA) is 17.8 Å². The molecule has 5 heteroatoms. The van der Waals surface area contributed by atoms with Crippen LogP contribution in [-0.4, -0.2) is 9.55 Å². The van der Waals surface area contributed by atoms with Crippen LogP contribution in [0.25, 0.3) is 11.0 Å². The second-order valence-corrected chi connectivity index (χ2v) is 6.52. The summed E-state index contributed by atoms with van der Waals surface area (Å²) in [6.45, 7) is 2.19. The molecule has 2 nitrogen and oxygen atoms in total. The first-order valence-electron chi connectivity index (χ1n) is 5.96. The SMILES string of the molecule is CC(c1cccs1)n1c(CCl)nc2cc(Br)ccc21. The molecule has 1 unspecified atom stereocenters. The number of benzene rings is 1. The second kappa shape index (κ2) is 5.27. The largest absolute Gasteiger partial charge is 0.319 e. The van der Waals surface area contributed by atoms with Gasteiger partial charge in [0.15, 0.2) is 0 Å². The zero-order valence-electron chi connectivity index (χ0n) is 10.3. The fourth-order valence-electron chi connectivity index (χ4n) is 2.30. The van der Waals surface area contributed by atoms with Crippen LogP contribution in [0.15, 0.2) is 40.2 Å². The van der Waals surface area contributed by atoms with Gasteiger partial charge in [-0.1, -0.05) is 22.0 Å². The van der Waals surface area contributed by atoms with Crippen molar-refractivity contribution in [2.45, 2.75) is 18.8 Å². The lowest BCUT2D eigenvalue weighted by molar-refractivity contribution is 0.644. The van der Waals surface area contributed by atoms with Crippen molar-refractivity contribution in [1.82, 2.24) is 9.55 Å². The summed E-state index contributed by atoms with van der Waals surface area (Å²) in [4.78, 5) is 5.94. The quantitative estimate of drug-likeness (QED) is 0.590. The lowest BCUT2D eigenvalue weighted by Crippen LogP contribution is -2.08. The van der Waals surface area contributed by atoms with E-state index >= 15 is 0 Å². The molecule has 98 valence electrons. The molecule has 3 rings (SSSR count). The molecule has 1 aromatic carbocycles. The maximum absolute atomic E-state index is 6.06. The van der Waals surface area contributed by atoms with Gasteiger partial charge in [-0.15, -0.1) is 22.9 Å². The van der Waals surface area contributed by atoms with E-state index in [-0.39, 0.29) is 6.04 Å². The molecule has 0 saturated carbocycles. The van der Waals surface area contributed by atoms with Gasteiger partial charge in [0, 0.05) is 9.35 Å². The van der Waals surface area contributed by atoms with Crippen LogP contribution in [0.2, 0.25) is 0 Å². The van der Waals surface area contributed by atoms with Crippen LogP contribution in [0.1, 0.15) is 23.7 Å². The fourth-order valence-corrected chi connectivity index (χ4v) is 3.62. The zero-order chi connectivity index (χ0) is 13.4. The van der Waals surface area contributed by atoms with E-state index in [1.165, 1.54) is 4.88 Å². The summed E-state index contributed by atoms with van der Waals surface area (Å²) in [6.07, 6.45) is 0. The smallest absolute Gasteiger partial charge is 0.125 e. The maximum atomic E-state index is 6.06. The van der Waals surface area contributed by atoms with E-state index in [9.17, 15) is 0 Å². The Labute approximate surface area is 129 Å². The lowest BCUT2D eigenvalue weighted by Gasteiger charge is -2.15. The molecule has 0 aliphatic heterocycles. The molecule has 2 heterocycles. The van der Waals surface area contributed by atoms with Crippen molar-refractivity contribution in [2.24, 2.45) is 0 Å². The molecular formula is C14H12BrClN2S. The van der Waals surface area contributed by atoms with Gasteiger partial charge in [-0.25, -0.2) is 4.98 Å². The van der Waals surface area contributed by atoms with Crippen molar-refractivity contribution in [3.63, 3.8) is 0 Å². The van der Waals surface area contributed by atoms with Crippen LogP contribution in [0, 0.1) is 0 Å². The number of hydrogen-bond acceptors (Lipinski definition) is 2. The standard InChI is InChI=1S/C14H12BrClN2S/c1-9(13-3-2-6-19-13)18-12-5-4-10(15)7-11(12)17-14(18)8-16/h2-7,9H,8H2,1H3. The van der Waals surface area contributed by atoms with Gasteiger partial charge in [-0.05, 0) is 36.6 Å². The Balaban J connectivity index is 2.21. The molecule has 0 spiro atoms. The number of halogens is 2. The molecule has 0 saturated heterocycles. The Morgan fingerprint density at radius 3 is 2.95 bits per heavy atom. The van der Waals surface area contributed by atoms with E-state index < -0.39 is 0 Å². The first-order valence-corrected chi connectivity index (χ1v) is 8.17. The summed E-state index contributed by atoms with van der Waals surface area (Å²) in [5.41, 5.74) is 2.10. The van der Waals surface area contributed by atoms with Crippen molar-refractivity contribution < 1.29 is 0 Å². The molecule has 0 aliphatic rings. The van der Waals surface area contributed by atoms with Gasteiger partial charge < -0.3 is 4.57 Å². The molecule has 0 radical (unpaired) electrons. The van der Waals surface area contributed by atoms with E-state index in [2.05, 4.69) is 56.0 Å². The third-order valence-electron chi connectivity index (χ3n) is 3.19. The van der Waals surface area contributed by atoms with Crippen molar-refractivity contribution in [1.29, 1.82) is 0 Å². The van der Waals surface area contributed by atoms with Gasteiger partial charge in [-0.2, -0.15) is 0 Å². The molecule has 1 atom stereocenters. The minimum Gasteiger partial charge on any atom is -0.319 e. The molecule has 3 aromatic rings. The number of hydrogen-bond donors (Lipinski definition) is 0. The Morgan fingerprint density at radius 2 is 2.26 bits per heavy atom. The fraction of sp³-hybridized carbons (Fsp3) is 0.214. The van der Waals surface area contributed by atoms with Crippen molar-refractivity contribution in [3.8, 4) is 0 Å². The Kier molecular flexibility index (Phi) is 3.65. The highest BCUT2D eigenvalue weighted by atomic mass is 79.9. The van der Waals surface area contributed by atoms with Gasteiger partial charge in [-0.3, -0.25) is 0 Å². The minimum absolute atomic E-state index is 0.250. The van der Waals surface area contributed by atoms with Gasteiger partial charge in [0.2, 0.25) is 0 Å². The van der Waals surface area contributed by atoms with E-state index in [4.69, 9.17) is 11.6 Å². The summed E-state index contributed by atoms with van der Waals surface area (Å²) >= 11 is 11.3. The first-order chi connectivity index (χ1) is 9.20. The van der Waals surface area contributed by atoms with E-state index in [1.807, 2.05) is 12.1 Å². The van der Waals surface area contributed by atoms with Crippen LogP contribution < -0.4 is 0 Å². The first kappa shape index (κ1) is 13.2. The van der Waals surface area contributed by atoms with Crippen LogP contribution in [0.5, 0.6) is 0 Å². The third kappa shape index (κ3) is 2.33. The summed E-state index contributed by atoms with van der Waals surface area (Å²) in [5.74, 6) is 1.33. The Bertz CT molecular complexity index is 706. The number of alkyl halides is 1. The van der Waals surface area contributed by atoms with Gasteiger partial charge in [0.05, 0.1) is 23.0 Å². The van der Waals surface area contributed by atoms with Gasteiger partial charge in [0.25, 0.3) is 0 Å². The zero-order valence-corrected chi connectivity index (χ0v) is 13.5. The molecule has 0 fully saturated rings. The highest BCUT2D eigenvalue weighted by Gasteiger charge is 2.17. The van der Waals surface area contributed by atoms with Crippen molar-refractivity contribution >= 4 is 49.9 Å². The summed E-state index contributed by atoms with van der Waals surface area (Å²) < 4.78 is 3.26. The number of nitrogens with zero attached hydrogens (tertiary/aromatic N) is 2. The number of thiophene rings is 1. The number of rotatable bonds is 3. The average Bonchev–Trinajstić information content (AvgIpc) is 3.04. The lowest BCUT2D eigenvalue weighted by atomic mass is 10.2. The predicted molar refractivity (Wildman–Crippen MR) is 85.1 cm³/mol. The molecule has 0 N–H and O–H groups in total. The van der Waals surface area contributed by atoms with E-state index in [0.717, 1.165) is 21.3 Å². The van der Waals surface area contributed by atoms with Crippen molar-refractivity contribution in [2.75, 3.05) is 0 Å². The summed E-state index contributed by atoms with van der Waals surface area (Å²) in [6, 6.07) is 10.6. The predicted octanol–water partition coefficient (Wildman–Crippen LogP) is 5.21. The average molecular weight is 356 g/mol. The van der Waals surface area contributed by atoms with E-state index in [1.54, 1.807) is 11.3 Å². The highest BCUT2D eigenvalue weighted by molar-refractivity contribution is 9.10. The van der Waals surface area contributed by atoms with E-state index in [0.29, 0.717) is 5.88 Å². The normalized spacial score (nSPS) is 13.0. The molecule has 19 heavy (non-hydrogen) atoms. The number of aromatic nitrogens is 2. The number of imidazole rings is 1. The second-order valence-electron chi connectivity index (χ2n) is 4.36. The van der Waals surface area contributed by atoms with Gasteiger partial charge >= 0.3 is 0 Å². The Hall–Kier alpha value is -0.840. The molecular weight excluding hydrogens is 344 g/mol. The van der Waals surface area contributed by atoms with Gasteiger partial charge in [0.1, 0.15) is 5.82 Å². The third-order valence-corrected chi connectivity index (χ3v) is 4.96. The highest BCUT2D eigenvalue weighted by Crippen LogP contribution is 2.30. The van der Waals surface area contributed by atoms with Crippen LogP contribution in [0.4, 0.5) is 0 Å². The number of fused-ring (bicyclic) bond motifs is 1.